The van der Waals surface area contributed by atoms with Crippen LogP contribution >= 0.6 is 0 Å². The Hall–Kier alpha value is -2.14. The Morgan fingerprint density at radius 3 is 3.00 bits per heavy atom. The molecule has 2 nitrogen and oxygen atoms in total. The van der Waals surface area contributed by atoms with E-state index >= 15 is 0 Å². The van der Waals surface area contributed by atoms with Crippen LogP contribution in [-0.4, -0.2) is 0 Å². The first-order valence-electron chi connectivity index (χ1n) is 4.35. The number of para-hydroxylation sites is 1. The summed E-state index contributed by atoms with van der Waals surface area (Å²) in [7, 11) is 0. The molecule has 0 saturated heterocycles. The molecule has 0 radical (unpaired) electrons. The van der Waals surface area contributed by atoms with Gasteiger partial charge in [-0.3, -0.25) is 0 Å². The van der Waals surface area contributed by atoms with Crippen LogP contribution in [0.1, 0.15) is 0 Å². The molecule has 1 aromatic heterocycles. The predicted octanol–water partition coefficient (Wildman–Crippen LogP) is 2.77. The van der Waals surface area contributed by atoms with Gasteiger partial charge in [0, 0.05) is 10.8 Å². The molecule has 2 aromatic carbocycles. The first-order chi connectivity index (χ1) is 6.86. The fourth-order valence-electron chi connectivity index (χ4n) is 1.65. The highest BCUT2D eigenvalue weighted by Crippen LogP contribution is 2.30. The number of benzene rings is 1. The maximum atomic E-state index is 5.80. The summed E-state index contributed by atoms with van der Waals surface area (Å²) in [6.07, 6.45) is 0. The van der Waals surface area contributed by atoms with Crippen molar-refractivity contribution in [1.29, 1.82) is 0 Å². The fraction of sp³-hybridized carbons (Fsp3) is 0. The molecule has 2 heteroatoms. The Morgan fingerprint density at radius 2 is 2.07 bits per heavy atom. The van der Waals surface area contributed by atoms with E-state index in [-0.39, 0.29) is 0 Å². The Kier molecular flexibility index (Phi) is 1.26. The van der Waals surface area contributed by atoms with Crippen LogP contribution in [0.25, 0.3) is 21.9 Å². The zero-order valence-corrected chi connectivity index (χ0v) is 7.37. The molecule has 3 aromatic rings. The molecule has 0 aliphatic rings. The molecule has 14 heavy (non-hydrogen) atoms. The van der Waals surface area contributed by atoms with E-state index < -0.39 is 0 Å². The van der Waals surface area contributed by atoms with Crippen molar-refractivity contribution in [2.45, 2.75) is 0 Å². The van der Waals surface area contributed by atoms with E-state index in [2.05, 4.69) is 12.1 Å². The van der Waals surface area contributed by atoms with Crippen molar-refractivity contribution < 1.29 is 4.42 Å². The van der Waals surface area contributed by atoms with Crippen molar-refractivity contribution in [3.8, 4) is 0 Å². The van der Waals surface area contributed by atoms with Crippen molar-refractivity contribution in [3.05, 3.63) is 42.5 Å². The molecule has 0 bridgehead atoms. The number of furan rings is 1. The van der Waals surface area contributed by atoms with Gasteiger partial charge in [-0.15, -0.1) is 0 Å². The summed E-state index contributed by atoms with van der Waals surface area (Å²) in [4.78, 5) is 0. The van der Waals surface area contributed by atoms with Crippen molar-refractivity contribution in [3.63, 3.8) is 0 Å². The lowest BCUT2D eigenvalue weighted by Crippen LogP contribution is -1.82. The van der Waals surface area contributed by atoms with Gasteiger partial charge >= 0.3 is 0 Å². The number of nitrogens with two attached hydrogens (primary N) is 1. The van der Waals surface area contributed by atoms with Crippen molar-refractivity contribution >= 4 is 27.6 Å². The third-order valence-corrected chi connectivity index (χ3v) is 2.30. The number of nitrogen functional groups attached to an aromatic ring is 1. The van der Waals surface area contributed by atoms with Crippen LogP contribution in [-0.2, 0) is 0 Å². The fourth-order valence-corrected chi connectivity index (χ4v) is 1.65. The van der Waals surface area contributed by atoms with Crippen LogP contribution in [0.5, 0.6) is 0 Å². The van der Waals surface area contributed by atoms with Gasteiger partial charge in [-0.1, -0.05) is 18.2 Å². The van der Waals surface area contributed by atoms with E-state index in [4.69, 9.17) is 10.2 Å². The Bertz CT molecular complexity index is 610. The first kappa shape index (κ1) is 7.28. The van der Waals surface area contributed by atoms with Gasteiger partial charge in [-0.05, 0) is 24.3 Å². The van der Waals surface area contributed by atoms with Crippen molar-refractivity contribution in [2.75, 3.05) is 5.73 Å². The van der Waals surface area contributed by atoms with Crippen LogP contribution in [0.4, 0.5) is 5.69 Å². The minimum atomic E-state index is 0.659. The van der Waals surface area contributed by atoms with Crippen LogP contribution in [0, 0.1) is 12.1 Å². The van der Waals surface area contributed by atoms with Gasteiger partial charge in [0.05, 0.1) is 5.69 Å². The van der Waals surface area contributed by atoms with Crippen LogP contribution < -0.4 is 5.73 Å². The zero-order chi connectivity index (χ0) is 9.54. The normalized spacial score (nSPS) is 10.6. The Balaban J connectivity index is 2.63. The summed E-state index contributed by atoms with van der Waals surface area (Å²) < 4.78 is 5.57. The molecule has 3 rings (SSSR count). The zero-order valence-electron chi connectivity index (χ0n) is 7.37. The molecule has 0 spiro atoms. The van der Waals surface area contributed by atoms with Gasteiger partial charge in [0.2, 0.25) is 0 Å². The minimum Gasteiger partial charge on any atom is -0.445 e. The van der Waals surface area contributed by atoms with Crippen LogP contribution in [0.2, 0.25) is 0 Å². The molecular weight excluding hydrogens is 174 g/mol. The summed E-state index contributed by atoms with van der Waals surface area (Å²) >= 11 is 0. The molecule has 0 aliphatic heterocycles. The lowest BCUT2D eigenvalue weighted by atomic mass is 10.1. The molecule has 0 aliphatic carbocycles. The maximum Gasteiger partial charge on any atom is 0.185 e. The van der Waals surface area contributed by atoms with Gasteiger partial charge in [0.25, 0.3) is 0 Å². The molecule has 0 atom stereocenters. The second-order valence-corrected chi connectivity index (χ2v) is 3.17. The van der Waals surface area contributed by atoms with Crippen molar-refractivity contribution in [1.82, 2.24) is 0 Å². The van der Waals surface area contributed by atoms with E-state index in [0.29, 0.717) is 11.3 Å². The Morgan fingerprint density at radius 1 is 1.14 bits per heavy atom. The summed E-state index contributed by atoms with van der Waals surface area (Å²) in [5.41, 5.74) is 7.90. The number of rotatable bonds is 0. The topological polar surface area (TPSA) is 39.2 Å². The molecule has 1 heterocycles. The third kappa shape index (κ3) is 0.813. The van der Waals surface area contributed by atoms with Crippen molar-refractivity contribution in [2.24, 2.45) is 0 Å². The standard InChI is InChI=1S/C12H7NO/c13-10-6-3-5-9-8-4-1-2-7-11(8)14-12(9)10/h1,3-6H,13H2. The molecule has 2 N–H and O–H groups in total. The molecule has 0 fully saturated rings. The second-order valence-electron chi connectivity index (χ2n) is 3.17. The lowest BCUT2D eigenvalue weighted by molar-refractivity contribution is 0.670. The number of hydrogen-bond donors (Lipinski definition) is 1. The highest BCUT2D eigenvalue weighted by Gasteiger charge is 2.07. The molecule has 0 amide bonds. The Labute approximate surface area is 80.9 Å². The smallest absolute Gasteiger partial charge is 0.185 e. The number of hydrogen-bond acceptors (Lipinski definition) is 2. The van der Waals surface area contributed by atoms with E-state index in [9.17, 15) is 0 Å². The lowest BCUT2D eigenvalue weighted by Gasteiger charge is -1.91. The second kappa shape index (κ2) is 2.43. The average molecular weight is 181 g/mol. The van der Waals surface area contributed by atoms with Gasteiger partial charge in [0.1, 0.15) is 0 Å². The van der Waals surface area contributed by atoms with E-state index in [1.54, 1.807) is 0 Å². The summed E-state index contributed by atoms with van der Waals surface area (Å²) in [5.74, 6) is 0. The minimum absolute atomic E-state index is 0.659. The monoisotopic (exact) mass is 181 g/mol. The third-order valence-electron chi connectivity index (χ3n) is 2.30. The predicted molar refractivity (Wildman–Crippen MR) is 55.8 cm³/mol. The van der Waals surface area contributed by atoms with Gasteiger partial charge in [-0.25, -0.2) is 0 Å². The largest absolute Gasteiger partial charge is 0.445 e. The maximum absolute atomic E-state index is 5.80. The number of anilines is 1. The summed E-state index contributed by atoms with van der Waals surface area (Å²) in [6.45, 7) is 0. The SMILES string of the molecule is Nc1cccc2c1oc1c#cccc12. The number of fused-ring (bicyclic) bond motifs is 3. The summed E-state index contributed by atoms with van der Waals surface area (Å²) in [5, 5.41) is 2.07. The highest BCUT2D eigenvalue weighted by molar-refractivity contribution is 6.07. The molecular formula is C12H7NO. The molecule has 0 unspecified atom stereocenters. The van der Waals surface area contributed by atoms with Gasteiger partial charge in [-0.2, -0.15) is 0 Å². The highest BCUT2D eigenvalue weighted by atomic mass is 16.3. The van der Waals surface area contributed by atoms with Crippen LogP contribution in [0.15, 0.2) is 34.7 Å². The van der Waals surface area contributed by atoms with Gasteiger partial charge in [0.15, 0.2) is 11.2 Å². The summed E-state index contributed by atoms with van der Waals surface area (Å²) in [6, 6.07) is 15.3. The quantitative estimate of drug-likeness (QED) is 0.541. The first-order valence-corrected chi connectivity index (χ1v) is 4.35. The molecule has 0 saturated carbocycles. The van der Waals surface area contributed by atoms with E-state index in [1.807, 2.05) is 30.3 Å². The van der Waals surface area contributed by atoms with Crippen LogP contribution in [0.3, 0.4) is 0 Å². The van der Waals surface area contributed by atoms with E-state index in [0.717, 1.165) is 16.4 Å². The van der Waals surface area contributed by atoms with E-state index in [1.165, 1.54) is 0 Å². The average Bonchev–Trinajstić information content (AvgIpc) is 2.59. The molecule has 66 valence electrons. The van der Waals surface area contributed by atoms with Gasteiger partial charge < -0.3 is 10.2 Å².